The second-order valence-electron chi connectivity index (χ2n) is 12.1. The number of carbonyl (C=O) groups excluding carboxylic acids is 2. The number of nitrogens with one attached hydrogen (secondary N) is 1. The van der Waals surface area contributed by atoms with Crippen LogP contribution in [0.5, 0.6) is 0 Å². The van der Waals surface area contributed by atoms with Gasteiger partial charge in [0.2, 0.25) is 0 Å². The highest BCUT2D eigenvalue weighted by molar-refractivity contribution is 5.69. The third-order valence-electron chi connectivity index (χ3n) is 6.08. The fourth-order valence-electron chi connectivity index (χ4n) is 4.37. The van der Waals surface area contributed by atoms with Crippen molar-refractivity contribution in [1.29, 1.82) is 0 Å². The van der Waals surface area contributed by atoms with Crippen LogP contribution in [0.2, 0.25) is 0 Å². The Balaban J connectivity index is 1.78. The molecule has 8 heteroatoms. The number of alkyl carbamates (subject to hydrolysis) is 1. The van der Waals surface area contributed by atoms with E-state index in [9.17, 15) is 9.59 Å². The van der Waals surface area contributed by atoms with Crippen LogP contribution in [0.15, 0.2) is 66.9 Å². The van der Waals surface area contributed by atoms with E-state index in [0.29, 0.717) is 31.7 Å². The molecule has 0 aliphatic heterocycles. The van der Waals surface area contributed by atoms with E-state index in [1.54, 1.807) is 0 Å². The number of esters is 1. The van der Waals surface area contributed by atoms with Crippen LogP contribution in [-0.2, 0) is 32.3 Å². The summed E-state index contributed by atoms with van der Waals surface area (Å²) in [4.78, 5) is 29.8. The molecule has 2 aromatic carbocycles. The molecule has 3 rings (SSSR count). The van der Waals surface area contributed by atoms with Gasteiger partial charge in [0.1, 0.15) is 23.8 Å². The zero-order valence-electron chi connectivity index (χ0n) is 25.3. The van der Waals surface area contributed by atoms with Crippen molar-refractivity contribution in [3.8, 4) is 11.3 Å². The van der Waals surface area contributed by atoms with Gasteiger partial charge in [-0.15, -0.1) is 0 Å². The standard InChI is InChI=1S/C33H45N3O5/c1-32(2,3)40-29(37)21-15-9-14-20-27(35-31(38)41-33(4,5)6)30-34-22-28(26-18-12-8-13-19-26)36(30)24-39-23-25-16-10-7-11-17-25/h7-8,10-13,16-19,22,27H,9,14-15,20-21,23-24H2,1-6H3,(H,35,38)/t27-/m0/s1. The van der Waals surface area contributed by atoms with Gasteiger partial charge in [-0.2, -0.15) is 0 Å². The van der Waals surface area contributed by atoms with E-state index in [1.807, 2.05) is 113 Å². The van der Waals surface area contributed by atoms with Crippen LogP contribution in [0, 0.1) is 0 Å². The van der Waals surface area contributed by atoms with Gasteiger partial charge in [0.05, 0.1) is 24.5 Å². The fraction of sp³-hybridized carbons (Fsp3) is 0.485. The molecule has 1 N–H and O–H groups in total. The molecule has 0 saturated carbocycles. The van der Waals surface area contributed by atoms with Gasteiger partial charge in [-0.05, 0) is 65.5 Å². The molecule has 0 aliphatic rings. The number of unbranched alkanes of at least 4 members (excludes halogenated alkanes) is 2. The van der Waals surface area contributed by atoms with Crippen molar-refractivity contribution in [3.63, 3.8) is 0 Å². The summed E-state index contributed by atoms with van der Waals surface area (Å²) >= 11 is 0. The lowest BCUT2D eigenvalue weighted by Gasteiger charge is -2.24. The topological polar surface area (TPSA) is 91.7 Å². The Morgan fingerprint density at radius 1 is 0.854 bits per heavy atom. The van der Waals surface area contributed by atoms with E-state index >= 15 is 0 Å². The number of ether oxygens (including phenoxy) is 3. The summed E-state index contributed by atoms with van der Waals surface area (Å²) in [7, 11) is 0. The second-order valence-corrected chi connectivity index (χ2v) is 12.1. The Hall–Kier alpha value is -3.65. The predicted molar refractivity (Wildman–Crippen MR) is 160 cm³/mol. The van der Waals surface area contributed by atoms with Gasteiger partial charge in [0.15, 0.2) is 0 Å². The molecule has 41 heavy (non-hydrogen) atoms. The molecule has 1 aromatic heterocycles. The Morgan fingerprint density at radius 2 is 1.49 bits per heavy atom. The maximum Gasteiger partial charge on any atom is 0.408 e. The third kappa shape index (κ3) is 11.4. The molecule has 1 atom stereocenters. The van der Waals surface area contributed by atoms with Crippen LogP contribution in [-0.4, -0.2) is 32.8 Å². The number of nitrogens with zero attached hydrogens (tertiary/aromatic N) is 2. The molecule has 3 aromatic rings. The van der Waals surface area contributed by atoms with Crippen LogP contribution in [0.3, 0.4) is 0 Å². The van der Waals surface area contributed by atoms with E-state index < -0.39 is 23.3 Å². The van der Waals surface area contributed by atoms with E-state index in [1.165, 1.54) is 0 Å². The maximum absolute atomic E-state index is 12.9. The Morgan fingerprint density at radius 3 is 2.12 bits per heavy atom. The molecule has 0 radical (unpaired) electrons. The first-order valence-corrected chi connectivity index (χ1v) is 14.4. The van der Waals surface area contributed by atoms with Crippen molar-refractivity contribution >= 4 is 12.1 Å². The molecule has 0 bridgehead atoms. The van der Waals surface area contributed by atoms with Crippen LogP contribution in [0.25, 0.3) is 11.3 Å². The average Bonchev–Trinajstić information content (AvgIpc) is 3.30. The number of amides is 1. The van der Waals surface area contributed by atoms with Gasteiger partial charge in [0.25, 0.3) is 0 Å². The SMILES string of the molecule is CC(C)(C)OC(=O)CCCCC[C@H](NC(=O)OC(C)(C)C)c1ncc(-c2ccccc2)n1COCc1ccccc1. The van der Waals surface area contributed by atoms with Crippen molar-refractivity contribution in [3.05, 3.63) is 78.2 Å². The van der Waals surface area contributed by atoms with Gasteiger partial charge in [-0.25, -0.2) is 9.78 Å². The van der Waals surface area contributed by atoms with Crippen LogP contribution in [0.4, 0.5) is 4.79 Å². The monoisotopic (exact) mass is 563 g/mol. The Labute approximate surface area is 244 Å². The molecule has 0 unspecified atom stereocenters. The fourth-order valence-corrected chi connectivity index (χ4v) is 4.37. The predicted octanol–water partition coefficient (Wildman–Crippen LogP) is 7.58. The van der Waals surface area contributed by atoms with Crippen LogP contribution >= 0.6 is 0 Å². The summed E-state index contributed by atoms with van der Waals surface area (Å²) in [6.07, 6.45) is 4.60. The summed E-state index contributed by atoms with van der Waals surface area (Å²) < 4.78 is 19.2. The van der Waals surface area contributed by atoms with Crippen molar-refractivity contribution in [1.82, 2.24) is 14.9 Å². The lowest BCUT2D eigenvalue weighted by atomic mass is 10.1. The number of carbonyl (C=O) groups is 2. The number of hydrogen-bond acceptors (Lipinski definition) is 6. The number of hydrogen-bond donors (Lipinski definition) is 1. The molecule has 0 fully saturated rings. The van der Waals surface area contributed by atoms with Gasteiger partial charge in [0, 0.05) is 6.42 Å². The molecule has 1 heterocycles. The van der Waals surface area contributed by atoms with E-state index in [4.69, 9.17) is 19.2 Å². The minimum absolute atomic E-state index is 0.195. The van der Waals surface area contributed by atoms with E-state index in [2.05, 4.69) is 5.32 Å². The molecular weight excluding hydrogens is 518 g/mol. The summed E-state index contributed by atoms with van der Waals surface area (Å²) in [5.41, 5.74) is 1.85. The normalized spacial score (nSPS) is 12.5. The molecular formula is C33H45N3O5. The van der Waals surface area contributed by atoms with Gasteiger partial charge >= 0.3 is 12.1 Å². The minimum atomic E-state index is -0.633. The zero-order chi connectivity index (χ0) is 29.9. The highest BCUT2D eigenvalue weighted by Gasteiger charge is 2.25. The first kappa shape index (κ1) is 31.9. The zero-order valence-corrected chi connectivity index (χ0v) is 25.3. The smallest absolute Gasteiger partial charge is 0.408 e. The Bertz CT molecular complexity index is 1230. The summed E-state index contributed by atoms with van der Waals surface area (Å²) in [5.74, 6) is 0.495. The van der Waals surface area contributed by atoms with Crippen LogP contribution in [0.1, 0.15) is 91.1 Å². The second kappa shape index (κ2) is 14.8. The minimum Gasteiger partial charge on any atom is -0.460 e. The average molecular weight is 564 g/mol. The molecule has 0 spiro atoms. The van der Waals surface area contributed by atoms with Crippen molar-refractivity contribution in [2.75, 3.05) is 0 Å². The lowest BCUT2D eigenvalue weighted by molar-refractivity contribution is -0.154. The van der Waals surface area contributed by atoms with E-state index in [0.717, 1.165) is 29.7 Å². The van der Waals surface area contributed by atoms with E-state index in [-0.39, 0.29) is 12.7 Å². The molecule has 8 nitrogen and oxygen atoms in total. The van der Waals surface area contributed by atoms with Crippen molar-refractivity contribution in [2.24, 2.45) is 0 Å². The summed E-state index contributed by atoms with van der Waals surface area (Å²) in [5, 5.41) is 3.04. The molecule has 0 aliphatic carbocycles. The van der Waals surface area contributed by atoms with Gasteiger partial charge < -0.3 is 24.1 Å². The maximum atomic E-state index is 12.9. The molecule has 0 saturated heterocycles. The number of imidazole rings is 1. The van der Waals surface area contributed by atoms with Crippen molar-refractivity contribution < 1.29 is 23.8 Å². The quantitative estimate of drug-likeness (QED) is 0.170. The molecule has 1 amide bonds. The van der Waals surface area contributed by atoms with Gasteiger partial charge in [-0.3, -0.25) is 4.79 Å². The summed E-state index contributed by atoms with van der Waals surface area (Å²) in [6.45, 7) is 11.8. The highest BCUT2D eigenvalue weighted by atomic mass is 16.6. The third-order valence-corrected chi connectivity index (χ3v) is 6.08. The first-order chi connectivity index (χ1) is 19.4. The number of aromatic nitrogens is 2. The Kier molecular flexibility index (Phi) is 11.5. The number of rotatable bonds is 13. The highest BCUT2D eigenvalue weighted by Crippen LogP contribution is 2.27. The first-order valence-electron chi connectivity index (χ1n) is 14.4. The van der Waals surface area contributed by atoms with Crippen LogP contribution < -0.4 is 5.32 Å². The number of benzene rings is 2. The summed E-state index contributed by atoms with van der Waals surface area (Å²) in [6, 6.07) is 19.6. The molecule has 222 valence electrons. The lowest BCUT2D eigenvalue weighted by Crippen LogP contribution is -2.36. The van der Waals surface area contributed by atoms with Crippen molar-refractivity contribution in [2.45, 2.75) is 104 Å². The van der Waals surface area contributed by atoms with Gasteiger partial charge in [-0.1, -0.05) is 73.5 Å². The largest absolute Gasteiger partial charge is 0.460 e.